The van der Waals surface area contributed by atoms with Crippen LogP contribution in [0.25, 0.3) is 0 Å². The first-order chi connectivity index (χ1) is 10.2. The average Bonchev–Trinajstić information content (AvgIpc) is 3.16. The second-order valence-corrected chi connectivity index (χ2v) is 5.85. The summed E-state index contributed by atoms with van der Waals surface area (Å²) in [4.78, 5) is 16.7. The molecule has 0 saturated carbocycles. The highest BCUT2D eigenvalue weighted by atomic mass is 16.5. The van der Waals surface area contributed by atoms with Crippen molar-refractivity contribution in [1.29, 1.82) is 0 Å². The number of nitrogen functional groups attached to an aromatic ring is 1. The Morgan fingerprint density at radius 1 is 1.24 bits per heavy atom. The van der Waals surface area contributed by atoms with E-state index < -0.39 is 0 Å². The zero-order valence-corrected chi connectivity index (χ0v) is 12.3. The first kappa shape index (κ1) is 14.2. The van der Waals surface area contributed by atoms with E-state index in [0.29, 0.717) is 17.5 Å². The molecule has 0 aliphatic carbocycles. The number of likely N-dealkylation sites (tertiary alicyclic amines) is 2. The van der Waals surface area contributed by atoms with E-state index in [0.717, 1.165) is 19.5 Å². The maximum atomic E-state index is 12.2. The number of hydrogen-bond donors (Lipinski definition) is 1. The van der Waals surface area contributed by atoms with Crippen LogP contribution < -0.4 is 10.5 Å². The molecule has 0 spiro atoms. The Bertz CT molecular complexity index is 500. The molecule has 2 heterocycles. The lowest BCUT2D eigenvalue weighted by atomic mass is 10.2. The number of nitrogens with two attached hydrogens (primary N) is 1. The average molecular weight is 289 g/mol. The molecular weight excluding hydrogens is 266 g/mol. The third-order valence-electron chi connectivity index (χ3n) is 4.44. The summed E-state index contributed by atoms with van der Waals surface area (Å²) < 4.78 is 5.54. The van der Waals surface area contributed by atoms with Crippen molar-refractivity contribution in [3.8, 4) is 5.75 Å². The fourth-order valence-corrected chi connectivity index (χ4v) is 3.22. The molecule has 21 heavy (non-hydrogen) atoms. The lowest BCUT2D eigenvalue weighted by molar-refractivity contribution is -0.132. The predicted molar refractivity (Wildman–Crippen MR) is 82.1 cm³/mol. The van der Waals surface area contributed by atoms with Crippen LogP contribution in [0.15, 0.2) is 24.3 Å². The minimum absolute atomic E-state index is 0.0555. The van der Waals surface area contributed by atoms with E-state index in [1.54, 1.807) is 12.1 Å². The second-order valence-electron chi connectivity index (χ2n) is 5.85. The van der Waals surface area contributed by atoms with Gasteiger partial charge in [-0.3, -0.25) is 9.69 Å². The Kier molecular flexibility index (Phi) is 4.29. The Morgan fingerprint density at radius 2 is 2.00 bits per heavy atom. The van der Waals surface area contributed by atoms with E-state index >= 15 is 0 Å². The van der Waals surface area contributed by atoms with Crippen LogP contribution in [0.1, 0.15) is 19.3 Å². The van der Waals surface area contributed by atoms with Gasteiger partial charge in [0.25, 0.3) is 5.91 Å². The summed E-state index contributed by atoms with van der Waals surface area (Å²) in [6, 6.07) is 7.82. The molecule has 1 amide bonds. The molecule has 2 fully saturated rings. The molecule has 1 aromatic rings. The smallest absolute Gasteiger partial charge is 0.260 e. The molecule has 1 unspecified atom stereocenters. The molecule has 3 rings (SSSR count). The third kappa shape index (κ3) is 3.29. The van der Waals surface area contributed by atoms with Crippen LogP contribution in [0, 0.1) is 0 Å². The van der Waals surface area contributed by atoms with Gasteiger partial charge >= 0.3 is 0 Å². The summed E-state index contributed by atoms with van der Waals surface area (Å²) in [5.74, 6) is 0.640. The van der Waals surface area contributed by atoms with Crippen LogP contribution in [0.4, 0.5) is 5.69 Å². The first-order valence-electron chi connectivity index (χ1n) is 7.73. The first-order valence-corrected chi connectivity index (χ1v) is 7.73. The molecule has 114 valence electrons. The van der Waals surface area contributed by atoms with Crippen molar-refractivity contribution in [3.05, 3.63) is 24.3 Å². The normalized spacial score (nSPS) is 22.7. The van der Waals surface area contributed by atoms with Gasteiger partial charge in [-0.1, -0.05) is 12.1 Å². The zero-order chi connectivity index (χ0) is 14.7. The molecule has 5 nitrogen and oxygen atoms in total. The highest BCUT2D eigenvalue weighted by Crippen LogP contribution is 2.22. The summed E-state index contributed by atoms with van der Waals surface area (Å²) in [7, 11) is 0. The van der Waals surface area contributed by atoms with Gasteiger partial charge in [-0.2, -0.15) is 0 Å². The number of carbonyl (C=O) groups excluding carboxylic acids is 1. The van der Waals surface area contributed by atoms with Gasteiger partial charge in [0.05, 0.1) is 5.69 Å². The van der Waals surface area contributed by atoms with Crippen molar-refractivity contribution in [2.75, 3.05) is 38.5 Å². The molecule has 0 aromatic heterocycles. The van der Waals surface area contributed by atoms with Crippen LogP contribution >= 0.6 is 0 Å². The van der Waals surface area contributed by atoms with Crippen LogP contribution in [-0.2, 0) is 4.79 Å². The maximum absolute atomic E-state index is 12.2. The second kappa shape index (κ2) is 6.35. The minimum Gasteiger partial charge on any atom is -0.482 e. The molecule has 2 N–H and O–H groups in total. The topological polar surface area (TPSA) is 58.8 Å². The Morgan fingerprint density at radius 3 is 2.76 bits per heavy atom. The Balaban J connectivity index is 1.49. The monoisotopic (exact) mass is 289 g/mol. The van der Waals surface area contributed by atoms with Crippen LogP contribution in [0.5, 0.6) is 5.75 Å². The fraction of sp³-hybridized carbons (Fsp3) is 0.562. The summed E-state index contributed by atoms with van der Waals surface area (Å²) in [6.07, 6.45) is 3.67. The van der Waals surface area contributed by atoms with Crippen molar-refractivity contribution in [2.45, 2.75) is 25.3 Å². The van der Waals surface area contributed by atoms with Gasteiger partial charge in [-0.05, 0) is 44.5 Å². The largest absolute Gasteiger partial charge is 0.482 e. The summed E-state index contributed by atoms with van der Waals surface area (Å²) >= 11 is 0. The lowest BCUT2D eigenvalue weighted by Gasteiger charge is -2.23. The van der Waals surface area contributed by atoms with E-state index in [-0.39, 0.29) is 12.5 Å². The number of carbonyl (C=O) groups is 1. The molecular formula is C16H23N3O2. The Hall–Kier alpha value is -1.75. The molecule has 1 atom stereocenters. The van der Waals surface area contributed by atoms with Crippen LogP contribution in [0.3, 0.4) is 0 Å². The number of ether oxygens (including phenoxy) is 1. The van der Waals surface area contributed by atoms with Crippen molar-refractivity contribution in [1.82, 2.24) is 9.80 Å². The number of hydrogen-bond acceptors (Lipinski definition) is 4. The minimum atomic E-state index is 0.0555. The van der Waals surface area contributed by atoms with E-state index in [4.69, 9.17) is 10.5 Å². The van der Waals surface area contributed by atoms with E-state index in [1.807, 2.05) is 17.0 Å². The SMILES string of the molecule is Nc1ccccc1OCC(=O)N1CCC(N2CCCC2)C1. The molecule has 2 aliphatic rings. The zero-order valence-electron chi connectivity index (χ0n) is 12.3. The summed E-state index contributed by atoms with van der Waals surface area (Å²) in [5, 5.41) is 0. The van der Waals surface area contributed by atoms with Gasteiger partial charge in [0, 0.05) is 19.1 Å². The van der Waals surface area contributed by atoms with E-state index in [2.05, 4.69) is 4.90 Å². The van der Waals surface area contributed by atoms with Gasteiger partial charge in [0.15, 0.2) is 6.61 Å². The molecule has 0 radical (unpaired) electrons. The standard InChI is InChI=1S/C16H23N3O2/c17-14-5-1-2-6-15(14)21-12-16(20)19-10-7-13(11-19)18-8-3-4-9-18/h1-2,5-6,13H,3-4,7-12,17H2. The molecule has 2 aliphatic heterocycles. The molecule has 2 saturated heterocycles. The number of amides is 1. The highest BCUT2D eigenvalue weighted by molar-refractivity contribution is 5.78. The third-order valence-corrected chi connectivity index (χ3v) is 4.44. The summed E-state index contributed by atoms with van der Waals surface area (Å²) in [6.45, 7) is 4.12. The van der Waals surface area contributed by atoms with Gasteiger partial charge in [-0.15, -0.1) is 0 Å². The number of rotatable bonds is 4. The number of nitrogens with zero attached hydrogens (tertiary/aromatic N) is 2. The van der Waals surface area contributed by atoms with Gasteiger partial charge in [-0.25, -0.2) is 0 Å². The van der Waals surface area contributed by atoms with Gasteiger partial charge in [0.2, 0.25) is 0 Å². The predicted octanol–water partition coefficient (Wildman–Crippen LogP) is 1.34. The molecule has 5 heteroatoms. The maximum Gasteiger partial charge on any atom is 0.260 e. The van der Waals surface area contributed by atoms with Crippen LogP contribution in [-0.4, -0.2) is 54.5 Å². The summed E-state index contributed by atoms with van der Waals surface area (Å²) in [5.41, 5.74) is 6.38. The van der Waals surface area contributed by atoms with E-state index in [1.165, 1.54) is 25.9 Å². The molecule has 1 aromatic carbocycles. The number of benzene rings is 1. The van der Waals surface area contributed by atoms with Crippen molar-refractivity contribution in [3.63, 3.8) is 0 Å². The lowest BCUT2D eigenvalue weighted by Crippen LogP contribution is -2.38. The quantitative estimate of drug-likeness (QED) is 0.850. The van der Waals surface area contributed by atoms with Crippen molar-refractivity contribution < 1.29 is 9.53 Å². The van der Waals surface area contributed by atoms with Crippen molar-refractivity contribution in [2.24, 2.45) is 0 Å². The number of para-hydroxylation sites is 2. The number of anilines is 1. The van der Waals surface area contributed by atoms with Crippen molar-refractivity contribution >= 4 is 11.6 Å². The highest BCUT2D eigenvalue weighted by Gasteiger charge is 2.31. The van der Waals surface area contributed by atoms with Gasteiger partial charge < -0.3 is 15.4 Å². The molecule has 0 bridgehead atoms. The van der Waals surface area contributed by atoms with E-state index in [9.17, 15) is 4.79 Å². The Labute approximate surface area is 125 Å². The van der Waals surface area contributed by atoms with Gasteiger partial charge in [0.1, 0.15) is 5.75 Å². The van der Waals surface area contributed by atoms with Crippen LogP contribution in [0.2, 0.25) is 0 Å². The fourth-order valence-electron chi connectivity index (χ4n) is 3.22.